The molecule has 2 rings (SSSR count). The minimum atomic E-state index is -0.932. The summed E-state index contributed by atoms with van der Waals surface area (Å²) in [7, 11) is 1.51. The monoisotopic (exact) mass is 247 g/mol. The van der Waals surface area contributed by atoms with Crippen molar-refractivity contribution in [2.75, 3.05) is 7.11 Å². The van der Waals surface area contributed by atoms with Gasteiger partial charge in [-0.2, -0.15) is 0 Å². The zero-order valence-corrected chi connectivity index (χ0v) is 10.2. The molecule has 0 amide bonds. The lowest BCUT2D eigenvalue weighted by molar-refractivity contribution is 0.213. The second-order valence-corrected chi connectivity index (χ2v) is 4.02. The first kappa shape index (κ1) is 12.5. The van der Waals surface area contributed by atoms with E-state index in [1.165, 1.54) is 25.4 Å². The maximum absolute atomic E-state index is 13.3. The van der Waals surface area contributed by atoms with Crippen LogP contribution in [-0.4, -0.2) is 17.2 Å². The van der Waals surface area contributed by atoms with Crippen LogP contribution in [0.3, 0.4) is 0 Å². The molecule has 0 bridgehead atoms. The summed E-state index contributed by atoms with van der Waals surface area (Å²) in [6.07, 6.45) is 2.15. The molecule has 0 saturated carbocycles. The van der Waals surface area contributed by atoms with E-state index in [9.17, 15) is 9.50 Å². The van der Waals surface area contributed by atoms with Gasteiger partial charge in [0.1, 0.15) is 17.7 Å². The predicted octanol–water partition coefficient (Wildman–Crippen LogP) is 2.62. The molecule has 0 radical (unpaired) electrons. The van der Waals surface area contributed by atoms with Gasteiger partial charge in [-0.25, -0.2) is 4.39 Å². The van der Waals surface area contributed by atoms with Crippen molar-refractivity contribution < 1.29 is 14.2 Å². The molecule has 2 aromatic rings. The molecule has 18 heavy (non-hydrogen) atoms. The van der Waals surface area contributed by atoms with Crippen molar-refractivity contribution in [2.24, 2.45) is 0 Å². The molecule has 1 unspecified atom stereocenters. The minimum absolute atomic E-state index is 0.373. The number of aryl methyl sites for hydroxylation is 1. The Morgan fingerprint density at radius 1 is 1.28 bits per heavy atom. The Morgan fingerprint density at radius 2 is 2.06 bits per heavy atom. The Balaban J connectivity index is 2.47. The van der Waals surface area contributed by atoms with Gasteiger partial charge in [0.25, 0.3) is 0 Å². The van der Waals surface area contributed by atoms with Gasteiger partial charge in [-0.3, -0.25) is 4.98 Å². The van der Waals surface area contributed by atoms with E-state index < -0.39 is 6.10 Å². The summed E-state index contributed by atoms with van der Waals surface area (Å²) in [6.45, 7) is 1.83. The van der Waals surface area contributed by atoms with Crippen molar-refractivity contribution in [1.82, 2.24) is 4.98 Å². The summed E-state index contributed by atoms with van der Waals surface area (Å²) in [6, 6.07) is 6.00. The van der Waals surface area contributed by atoms with E-state index in [1.807, 2.05) is 6.92 Å². The number of hydrogen-bond acceptors (Lipinski definition) is 3. The van der Waals surface area contributed by atoms with Crippen LogP contribution in [0.1, 0.15) is 22.8 Å². The van der Waals surface area contributed by atoms with Crippen molar-refractivity contribution in [3.8, 4) is 5.75 Å². The fourth-order valence-corrected chi connectivity index (χ4v) is 1.86. The van der Waals surface area contributed by atoms with Crippen molar-refractivity contribution in [2.45, 2.75) is 13.0 Å². The zero-order chi connectivity index (χ0) is 13.1. The summed E-state index contributed by atoms with van der Waals surface area (Å²) < 4.78 is 18.4. The molecule has 4 heteroatoms. The van der Waals surface area contributed by atoms with Crippen LogP contribution in [0.15, 0.2) is 36.7 Å². The van der Waals surface area contributed by atoms with Crippen molar-refractivity contribution in [1.29, 1.82) is 0 Å². The van der Waals surface area contributed by atoms with Gasteiger partial charge in [0.05, 0.1) is 13.3 Å². The molecular weight excluding hydrogens is 233 g/mol. The standard InChI is InChI=1S/C14H14FNO2/c1-9-3-4-10(15)7-12(9)14(17)11-5-6-16-8-13(11)18-2/h3-8,14,17H,1-2H3. The number of benzene rings is 1. The van der Waals surface area contributed by atoms with E-state index in [0.717, 1.165) is 5.56 Å². The molecule has 0 fully saturated rings. The number of ether oxygens (including phenoxy) is 1. The number of halogens is 1. The third-order valence-electron chi connectivity index (χ3n) is 2.87. The van der Waals surface area contributed by atoms with Crippen molar-refractivity contribution in [3.63, 3.8) is 0 Å². The van der Waals surface area contributed by atoms with E-state index in [1.54, 1.807) is 18.3 Å². The Kier molecular flexibility index (Phi) is 3.58. The molecule has 1 aromatic heterocycles. The quantitative estimate of drug-likeness (QED) is 0.906. The van der Waals surface area contributed by atoms with Crippen LogP contribution in [-0.2, 0) is 0 Å². The largest absolute Gasteiger partial charge is 0.495 e. The highest BCUT2D eigenvalue weighted by Gasteiger charge is 2.17. The van der Waals surface area contributed by atoms with Gasteiger partial charge in [0.2, 0.25) is 0 Å². The summed E-state index contributed by atoms with van der Waals surface area (Å²) in [5.74, 6) is 0.108. The van der Waals surface area contributed by atoms with Gasteiger partial charge < -0.3 is 9.84 Å². The molecule has 1 N–H and O–H groups in total. The molecule has 3 nitrogen and oxygen atoms in total. The second-order valence-electron chi connectivity index (χ2n) is 4.02. The number of nitrogens with zero attached hydrogens (tertiary/aromatic N) is 1. The Bertz CT molecular complexity index is 557. The number of hydrogen-bond donors (Lipinski definition) is 1. The van der Waals surface area contributed by atoms with Crippen LogP contribution in [0.5, 0.6) is 5.75 Å². The fraction of sp³-hybridized carbons (Fsp3) is 0.214. The summed E-state index contributed by atoms with van der Waals surface area (Å²) in [4.78, 5) is 3.92. The maximum Gasteiger partial charge on any atom is 0.143 e. The van der Waals surface area contributed by atoms with E-state index in [0.29, 0.717) is 16.9 Å². The van der Waals surface area contributed by atoms with Crippen LogP contribution in [0.2, 0.25) is 0 Å². The molecule has 0 saturated heterocycles. The SMILES string of the molecule is COc1cnccc1C(O)c1cc(F)ccc1C. The van der Waals surface area contributed by atoms with Crippen LogP contribution in [0.25, 0.3) is 0 Å². The highest BCUT2D eigenvalue weighted by atomic mass is 19.1. The molecule has 1 aromatic carbocycles. The smallest absolute Gasteiger partial charge is 0.143 e. The van der Waals surface area contributed by atoms with E-state index >= 15 is 0 Å². The third-order valence-corrected chi connectivity index (χ3v) is 2.87. The molecule has 1 atom stereocenters. The van der Waals surface area contributed by atoms with Gasteiger partial charge in [-0.15, -0.1) is 0 Å². The highest BCUT2D eigenvalue weighted by Crippen LogP contribution is 2.30. The third kappa shape index (κ3) is 2.33. The maximum atomic E-state index is 13.3. The molecule has 0 aliphatic carbocycles. The topological polar surface area (TPSA) is 42.4 Å². The summed E-state index contributed by atoms with van der Waals surface area (Å²) >= 11 is 0. The summed E-state index contributed by atoms with van der Waals surface area (Å²) in [5.41, 5.74) is 1.92. The number of aromatic nitrogens is 1. The van der Waals surface area contributed by atoms with Gasteiger partial charge in [-0.1, -0.05) is 6.07 Å². The first-order valence-electron chi connectivity index (χ1n) is 5.55. The molecule has 0 spiro atoms. The summed E-state index contributed by atoms with van der Waals surface area (Å²) in [5, 5.41) is 10.3. The average molecular weight is 247 g/mol. The number of rotatable bonds is 3. The lowest BCUT2D eigenvalue weighted by Gasteiger charge is -2.16. The predicted molar refractivity (Wildman–Crippen MR) is 66.0 cm³/mol. The number of pyridine rings is 1. The molecule has 94 valence electrons. The van der Waals surface area contributed by atoms with Crippen molar-refractivity contribution in [3.05, 3.63) is 59.2 Å². The Labute approximate surface area is 105 Å². The number of methoxy groups -OCH3 is 1. The Morgan fingerprint density at radius 3 is 2.78 bits per heavy atom. The minimum Gasteiger partial charge on any atom is -0.495 e. The molecule has 1 heterocycles. The van der Waals surface area contributed by atoms with E-state index in [2.05, 4.69) is 4.98 Å². The van der Waals surface area contributed by atoms with Gasteiger partial charge >= 0.3 is 0 Å². The van der Waals surface area contributed by atoms with Crippen LogP contribution >= 0.6 is 0 Å². The van der Waals surface area contributed by atoms with E-state index in [-0.39, 0.29) is 5.82 Å². The fourth-order valence-electron chi connectivity index (χ4n) is 1.86. The van der Waals surface area contributed by atoms with Gasteiger partial charge in [-0.05, 0) is 36.2 Å². The average Bonchev–Trinajstić information content (AvgIpc) is 2.40. The lowest BCUT2D eigenvalue weighted by atomic mass is 9.97. The number of aliphatic hydroxyl groups is 1. The molecule has 0 aliphatic rings. The molecular formula is C14H14FNO2. The van der Waals surface area contributed by atoms with Crippen LogP contribution in [0, 0.1) is 12.7 Å². The van der Waals surface area contributed by atoms with Crippen molar-refractivity contribution >= 4 is 0 Å². The van der Waals surface area contributed by atoms with Crippen LogP contribution < -0.4 is 4.74 Å². The van der Waals surface area contributed by atoms with E-state index in [4.69, 9.17) is 4.74 Å². The second kappa shape index (κ2) is 5.14. The normalized spacial score (nSPS) is 12.2. The first-order valence-corrected chi connectivity index (χ1v) is 5.55. The van der Waals surface area contributed by atoms with Crippen LogP contribution in [0.4, 0.5) is 4.39 Å². The molecule has 0 aliphatic heterocycles. The van der Waals surface area contributed by atoms with Gasteiger partial charge in [0, 0.05) is 11.8 Å². The highest BCUT2D eigenvalue weighted by molar-refractivity contribution is 5.41. The number of aliphatic hydroxyl groups excluding tert-OH is 1. The first-order chi connectivity index (χ1) is 8.63. The Hall–Kier alpha value is -1.94. The van der Waals surface area contributed by atoms with Gasteiger partial charge in [0.15, 0.2) is 0 Å². The zero-order valence-electron chi connectivity index (χ0n) is 10.2. The lowest BCUT2D eigenvalue weighted by Crippen LogP contribution is -2.05.